The number of carbonyl (C=O) groups excluding carboxylic acids is 1. The van der Waals surface area contributed by atoms with E-state index in [0.29, 0.717) is 38.6 Å². The maximum Gasteiger partial charge on any atom is 0.303 e. The number of carboxylic acids is 1. The summed E-state index contributed by atoms with van der Waals surface area (Å²) in [5, 5.41) is 19.5. The summed E-state index contributed by atoms with van der Waals surface area (Å²) in [5.41, 5.74) is 0. The monoisotopic (exact) mass is 217 g/mol. The fourth-order valence-corrected chi connectivity index (χ4v) is 1.11. The fraction of sp³-hybridized carbons (Fsp3) is 0.800. The third kappa shape index (κ3) is 10.8. The van der Waals surface area contributed by atoms with Crippen molar-refractivity contribution in [2.24, 2.45) is 0 Å². The zero-order chi connectivity index (χ0) is 11.5. The Kier molecular flexibility index (Phi) is 8.76. The number of aliphatic hydroxyl groups is 1. The van der Waals surface area contributed by atoms with E-state index in [1.807, 2.05) is 0 Å². The first-order valence-electron chi connectivity index (χ1n) is 5.26. The molecule has 0 spiro atoms. The van der Waals surface area contributed by atoms with Crippen molar-refractivity contribution in [3.63, 3.8) is 0 Å². The van der Waals surface area contributed by atoms with Crippen molar-refractivity contribution >= 4 is 11.9 Å². The molecule has 88 valence electrons. The molecule has 0 aliphatic carbocycles. The van der Waals surface area contributed by atoms with Gasteiger partial charge < -0.3 is 15.5 Å². The first-order chi connectivity index (χ1) is 7.16. The first-order valence-corrected chi connectivity index (χ1v) is 5.26. The Morgan fingerprint density at radius 1 is 1.00 bits per heavy atom. The molecule has 0 unspecified atom stereocenters. The Morgan fingerprint density at radius 2 is 1.67 bits per heavy atom. The number of hydrogen-bond acceptors (Lipinski definition) is 3. The van der Waals surface area contributed by atoms with Crippen LogP contribution in [0.5, 0.6) is 0 Å². The Morgan fingerprint density at radius 3 is 2.27 bits per heavy atom. The first kappa shape index (κ1) is 13.9. The number of aliphatic carboxylic acids is 1. The number of nitrogens with one attached hydrogen (secondary N) is 1. The van der Waals surface area contributed by atoms with Crippen LogP contribution in [-0.4, -0.2) is 35.2 Å². The lowest BCUT2D eigenvalue weighted by molar-refractivity contribution is -0.137. The molecule has 0 fully saturated rings. The van der Waals surface area contributed by atoms with Gasteiger partial charge in [-0.15, -0.1) is 0 Å². The van der Waals surface area contributed by atoms with Crippen LogP contribution >= 0.6 is 0 Å². The predicted molar refractivity (Wildman–Crippen MR) is 55.4 cm³/mol. The Labute approximate surface area is 89.5 Å². The molecule has 0 bridgehead atoms. The maximum absolute atomic E-state index is 11.1. The number of unbranched alkanes of at least 4 members (excludes halogenated alkanes) is 2. The smallest absolute Gasteiger partial charge is 0.303 e. The molecule has 15 heavy (non-hydrogen) atoms. The van der Waals surface area contributed by atoms with Crippen LogP contribution < -0.4 is 5.32 Å². The summed E-state index contributed by atoms with van der Waals surface area (Å²) in [4.78, 5) is 21.3. The average Bonchev–Trinajstić information content (AvgIpc) is 2.17. The van der Waals surface area contributed by atoms with Crippen LogP contribution in [0.25, 0.3) is 0 Å². The van der Waals surface area contributed by atoms with Crippen molar-refractivity contribution < 1.29 is 19.8 Å². The van der Waals surface area contributed by atoms with Crippen molar-refractivity contribution in [2.45, 2.75) is 38.5 Å². The number of rotatable bonds is 9. The molecule has 1 amide bonds. The van der Waals surface area contributed by atoms with E-state index in [4.69, 9.17) is 10.2 Å². The van der Waals surface area contributed by atoms with E-state index in [-0.39, 0.29) is 18.9 Å². The van der Waals surface area contributed by atoms with Crippen molar-refractivity contribution in [3.8, 4) is 0 Å². The summed E-state index contributed by atoms with van der Waals surface area (Å²) >= 11 is 0. The van der Waals surface area contributed by atoms with Crippen molar-refractivity contribution in [1.29, 1.82) is 0 Å². The molecule has 0 aliphatic heterocycles. The molecule has 0 aromatic carbocycles. The number of amides is 1. The molecule has 0 saturated carbocycles. The van der Waals surface area contributed by atoms with Crippen molar-refractivity contribution in [3.05, 3.63) is 0 Å². The minimum absolute atomic E-state index is 0.0289. The highest BCUT2D eigenvalue weighted by Crippen LogP contribution is 1.96. The van der Waals surface area contributed by atoms with Crippen LogP contribution in [0.15, 0.2) is 0 Å². The van der Waals surface area contributed by atoms with Gasteiger partial charge in [-0.25, -0.2) is 0 Å². The van der Waals surface area contributed by atoms with Gasteiger partial charge >= 0.3 is 5.97 Å². The predicted octanol–water partition coefficient (Wildman–Crippen LogP) is 0.520. The Bertz CT molecular complexity index is 194. The molecule has 5 nitrogen and oxygen atoms in total. The summed E-state index contributed by atoms with van der Waals surface area (Å²) in [6, 6.07) is 0. The molecule has 0 saturated heterocycles. The second-order valence-electron chi connectivity index (χ2n) is 3.38. The summed E-state index contributed by atoms with van der Waals surface area (Å²) in [6.07, 6.45) is 3.20. The van der Waals surface area contributed by atoms with Gasteiger partial charge in [0, 0.05) is 26.0 Å². The summed E-state index contributed by atoms with van der Waals surface area (Å²) < 4.78 is 0. The molecule has 0 rings (SSSR count). The molecule has 0 aliphatic rings. The van der Waals surface area contributed by atoms with Crippen molar-refractivity contribution in [2.75, 3.05) is 13.2 Å². The van der Waals surface area contributed by atoms with Gasteiger partial charge in [-0.3, -0.25) is 9.59 Å². The highest BCUT2D eigenvalue weighted by Gasteiger charge is 2.00. The normalized spacial score (nSPS) is 9.93. The van der Waals surface area contributed by atoms with Crippen LogP contribution in [0.3, 0.4) is 0 Å². The molecule has 3 N–H and O–H groups in total. The highest BCUT2D eigenvalue weighted by molar-refractivity contribution is 5.75. The second kappa shape index (κ2) is 9.45. The van der Waals surface area contributed by atoms with Crippen LogP contribution in [-0.2, 0) is 9.59 Å². The number of aliphatic hydroxyl groups excluding tert-OH is 1. The number of carboxylic acid groups (broad SMARTS) is 1. The molecule has 5 heteroatoms. The Hall–Kier alpha value is -1.10. The molecule has 0 aromatic heterocycles. The fourth-order valence-electron chi connectivity index (χ4n) is 1.11. The molecular formula is C10H19NO4. The minimum atomic E-state index is -0.802. The lowest BCUT2D eigenvalue weighted by atomic mass is 10.2. The van der Waals surface area contributed by atoms with Gasteiger partial charge in [-0.1, -0.05) is 0 Å². The topological polar surface area (TPSA) is 86.6 Å². The van der Waals surface area contributed by atoms with Gasteiger partial charge in [0.15, 0.2) is 0 Å². The lowest BCUT2D eigenvalue weighted by Crippen LogP contribution is -2.24. The van der Waals surface area contributed by atoms with Crippen molar-refractivity contribution in [1.82, 2.24) is 5.32 Å². The van der Waals surface area contributed by atoms with Gasteiger partial charge in [0.05, 0.1) is 0 Å². The highest BCUT2D eigenvalue weighted by atomic mass is 16.4. The average molecular weight is 217 g/mol. The second-order valence-corrected chi connectivity index (χ2v) is 3.38. The molecule has 0 atom stereocenters. The minimum Gasteiger partial charge on any atom is -0.481 e. The summed E-state index contributed by atoms with van der Waals surface area (Å²) in [6.45, 7) is 0.650. The largest absolute Gasteiger partial charge is 0.481 e. The zero-order valence-electron chi connectivity index (χ0n) is 8.87. The standard InChI is InChI=1S/C10H19NO4/c12-8-4-2-5-9(13)11-7-3-1-6-10(14)15/h12H,1-8H2,(H,11,13)(H,14,15). The van der Waals surface area contributed by atoms with E-state index in [1.165, 1.54) is 0 Å². The third-order valence-electron chi connectivity index (χ3n) is 1.95. The molecule has 0 heterocycles. The molecular weight excluding hydrogens is 198 g/mol. The Balaban J connectivity index is 3.20. The summed E-state index contributed by atoms with van der Waals surface area (Å²) in [7, 11) is 0. The van der Waals surface area contributed by atoms with E-state index in [2.05, 4.69) is 5.32 Å². The van der Waals surface area contributed by atoms with Crippen LogP contribution in [0.2, 0.25) is 0 Å². The number of carbonyl (C=O) groups is 2. The zero-order valence-corrected chi connectivity index (χ0v) is 8.87. The van der Waals surface area contributed by atoms with E-state index < -0.39 is 5.97 Å². The van der Waals surface area contributed by atoms with Crippen LogP contribution in [0.1, 0.15) is 38.5 Å². The van der Waals surface area contributed by atoms with Gasteiger partial charge in [0.25, 0.3) is 0 Å². The third-order valence-corrected chi connectivity index (χ3v) is 1.95. The van der Waals surface area contributed by atoms with E-state index >= 15 is 0 Å². The molecule has 0 radical (unpaired) electrons. The SMILES string of the molecule is O=C(O)CCCCNC(=O)CCCCO. The van der Waals surface area contributed by atoms with E-state index in [9.17, 15) is 9.59 Å². The number of hydrogen-bond donors (Lipinski definition) is 3. The summed E-state index contributed by atoms with van der Waals surface area (Å²) in [5.74, 6) is -0.831. The van der Waals surface area contributed by atoms with Crippen LogP contribution in [0, 0.1) is 0 Å². The van der Waals surface area contributed by atoms with Crippen LogP contribution in [0.4, 0.5) is 0 Å². The van der Waals surface area contributed by atoms with Gasteiger partial charge in [0.2, 0.25) is 5.91 Å². The van der Waals surface area contributed by atoms with E-state index in [1.54, 1.807) is 0 Å². The van der Waals surface area contributed by atoms with Gasteiger partial charge in [-0.2, -0.15) is 0 Å². The van der Waals surface area contributed by atoms with Gasteiger partial charge in [0.1, 0.15) is 0 Å². The maximum atomic E-state index is 11.1. The quantitative estimate of drug-likeness (QED) is 0.491. The molecule has 0 aromatic rings. The lowest BCUT2D eigenvalue weighted by Gasteiger charge is -2.03. The van der Waals surface area contributed by atoms with Gasteiger partial charge in [-0.05, 0) is 25.7 Å². The van der Waals surface area contributed by atoms with E-state index in [0.717, 1.165) is 0 Å².